The van der Waals surface area contributed by atoms with E-state index in [4.69, 9.17) is 23.2 Å². The average Bonchev–Trinajstić information content (AvgIpc) is 2.16. The Balaban J connectivity index is 2.46. The lowest BCUT2D eigenvalue weighted by Crippen LogP contribution is -2.24. The molecule has 0 aromatic carbocycles. The predicted octanol–water partition coefficient (Wildman–Crippen LogP) is 0.985. The molecule has 1 aromatic rings. The molecule has 0 saturated heterocycles. The van der Waals surface area contributed by atoms with Crippen molar-refractivity contribution in [1.82, 2.24) is 15.3 Å². The standard InChI is InChI=1S/C7H7Cl2N3O/c8-1-7(13)12-3-5-2-11-6(9)4-10-5/h2,4H,1,3H2,(H,12,13). The van der Waals surface area contributed by atoms with Gasteiger partial charge in [-0.3, -0.25) is 9.78 Å². The molecule has 4 nitrogen and oxygen atoms in total. The normalized spacial score (nSPS) is 9.69. The zero-order valence-corrected chi connectivity index (χ0v) is 8.14. The Morgan fingerprint density at radius 1 is 1.46 bits per heavy atom. The van der Waals surface area contributed by atoms with Crippen molar-refractivity contribution in [2.24, 2.45) is 0 Å². The maximum atomic E-state index is 10.7. The first-order valence-corrected chi connectivity index (χ1v) is 4.42. The first-order chi connectivity index (χ1) is 6.22. The van der Waals surface area contributed by atoms with Crippen LogP contribution in [0.2, 0.25) is 5.15 Å². The van der Waals surface area contributed by atoms with Gasteiger partial charge in [0.05, 0.1) is 24.6 Å². The number of carbonyl (C=O) groups is 1. The predicted molar refractivity (Wildman–Crippen MR) is 49.6 cm³/mol. The number of halogens is 2. The van der Waals surface area contributed by atoms with Crippen LogP contribution in [0.1, 0.15) is 5.69 Å². The van der Waals surface area contributed by atoms with E-state index < -0.39 is 0 Å². The highest BCUT2D eigenvalue weighted by Crippen LogP contribution is 2.00. The van der Waals surface area contributed by atoms with E-state index >= 15 is 0 Å². The molecule has 1 aromatic heterocycles. The number of alkyl halides is 1. The Labute approximate surface area is 85.3 Å². The summed E-state index contributed by atoms with van der Waals surface area (Å²) in [6.45, 7) is 0.315. The molecule has 0 saturated carbocycles. The highest BCUT2D eigenvalue weighted by atomic mass is 35.5. The van der Waals surface area contributed by atoms with Crippen molar-refractivity contribution < 1.29 is 4.79 Å². The Morgan fingerprint density at radius 3 is 2.77 bits per heavy atom. The van der Waals surface area contributed by atoms with Gasteiger partial charge in [-0.05, 0) is 0 Å². The van der Waals surface area contributed by atoms with Gasteiger partial charge < -0.3 is 5.32 Å². The van der Waals surface area contributed by atoms with Crippen molar-refractivity contribution in [1.29, 1.82) is 0 Å². The molecule has 0 spiro atoms. The summed E-state index contributed by atoms with van der Waals surface area (Å²) in [5.41, 5.74) is 0.642. The second-order valence-corrected chi connectivity index (χ2v) is 2.90. The fourth-order valence-corrected chi connectivity index (χ4v) is 0.859. The van der Waals surface area contributed by atoms with E-state index in [0.717, 1.165) is 0 Å². The molecule has 0 radical (unpaired) electrons. The maximum absolute atomic E-state index is 10.7. The summed E-state index contributed by atoms with van der Waals surface area (Å²) in [4.78, 5) is 18.5. The number of hydrogen-bond donors (Lipinski definition) is 1. The molecule has 1 N–H and O–H groups in total. The number of amides is 1. The van der Waals surface area contributed by atoms with Crippen LogP contribution in [0.3, 0.4) is 0 Å². The maximum Gasteiger partial charge on any atom is 0.235 e. The second-order valence-electron chi connectivity index (χ2n) is 2.24. The molecule has 0 aliphatic heterocycles. The summed E-state index contributed by atoms with van der Waals surface area (Å²) in [7, 11) is 0. The quantitative estimate of drug-likeness (QED) is 0.772. The Kier molecular flexibility index (Phi) is 3.92. The molecule has 1 amide bonds. The zero-order chi connectivity index (χ0) is 9.68. The summed E-state index contributed by atoms with van der Waals surface area (Å²) >= 11 is 10.8. The van der Waals surface area contributed by atoms with E-state index in [9.17, 15) is 4.79 Å². The van der Waals surface area contributed by atoms with E-state index in [2.05, 4.69) is 15.3 Å². The number of nitrogens with one attached hydrogen (secondary N) is 1. The van der Waals surface area contributed by atoms with Gasteiger partial charge in [-0.15, -0.1) is 11.6 Å². The molecular formula is C7H7Cl2N3O. The third-order valence-electron chi connectivity index (χ3n) is 1.26. The highest BCUT2D eigenvalue weighted by molar-refractivity contribution is 6.29. The van der Waals surface area contributed by atoms with E-state index in [1.165, 1.54) is 12.4 Å². The first-order valence-electron chi connectivity index (χ1n) is 3.51. The van der Waals surface area contributed by atoms with Gasteiger partial charge in [0.2, 0.25) is 5.91 Å². The number of rotatable bonds is 3. The molecule has 6 heteroatoms. The zero-order valence-electron chi connectivity index (χ0n) is 6.63. The molecule has 1 heterocycles. The van der Waals surface area contributed by atoms with Crippen LogP contribution in [0.5, 0.6) is 0 Å². The van der Waals surface area contributed by atoms with E-state index in [0.29, 0.717) is 17.4 Å². The van der Waals surface area contributed by atoms with E-state index in [1.807, 2.05) is 0 Å². The van der Waals surface area contributed by atoms with E-state index in [-0.39, 0.29) is 11.8 Å². The fourth-order valence-electron chi connectivity index (χ4n) is 0.667. The summed E-state index contributed by atoms with van der Waals surface area (Å²) in [6, 6.07) is 0. The average molecular weight is 220 g/mol. The summed E-state index contributed by atoms with van der Waals surface area (Å²) in [5, 5.41) is 2.88. The van der Waals surface area contributed by atoms with Crippen molar-refractivity contribution in [3.05, 3.63) is 23.2 Å². The SMILES string of the molecule is O=C(CCl)NCc1cnc(Cl)cn1. The number of nitrogens with zero attached hydrogens (tertiary/aromatic N) is 2. The van der Waals surface area contributed by atoms with Crippen LogP contribution in [0.15, 0.2) is 12.4 Å². The lowest BCUT2D eigenvalue weighted by molar-refractivity contribution is -0.118. The summed E-state index contributed by atoms with van der Waals surface area (Å²) in [5.74, 6) is -0.292. The van der Waals surface area contributed by atoms with Gasteiger partial charge in [-0.1, -0.05) is 11.6 Å². The van der Waals surface area contributed by atoms with Crippen LogP contribution in [0.4, 0.5) is 0 Å². The lowest BCUT2D eigenvalue weighted by Gasteiger charge is -2.00. The van der Waals surface area contributed by atoms with Gasteiger partial charge in [0, 0.05) is 0 Å². The van der Waals surface area contributed by atoms with Crippen LogP contribution < -0.4 is 5.32 Å². The molecule has 0 aliphatic rings. The summed E-state index contributed by atoms with van der Waals surface area (Å²) in [6.07, 6.45) is 2.92. The molecule has 70 valence electrons. The minimum absolute atomic E-state index is 0.0545. The Hall–Kier alpha value is -0.870. The lowest BCUT2D eigenvalue weighted by atomic mass is 10.4. The second kappa shape index (κ2) is 4.99. The molecule has 0 bridgehead atoms. The number of aromatic nitrogens is 2. The number of carbonyl (C=O) groups excluding carboxylic acids is 1. The van der Waals surface area contributed by atoms with Crippen molar-refractivity contribution in [2.45, 2.75) is 6.54 Å². The van der Waals surface area contributed by atoms with Gasteiger partial charge in [-0.25, -0.2) is 4.98 Å². The highest BCUT2D eigenvalue weighted by Gasteiger charge is 1.99. The minimum Gasteiger partial charge on any atom is -0.349 e. The van der Waals surface area contributed by atoms with Crippen LogP contribution >= 0.6 is 23.2 Å². The molecule has 1 rings (SSSR count). The van der Waals surface area contributed by atoms with Crippen LogP contribution in [-0.4, -0.2) is 21.8 Å². The Morgan fingerprint density at radius 2 is 2.23 bits per heavy atom. The van der Waals surface area contributed by atoms with Crippen LogP contribution in [-0.2, 0) is 11.3 Å². The van der Waals surface area contributed by atoms with Crippen LogP contribution in [0, 0.1) is 0 Å². The van der Waals surface area contributed by atoms with Gasteiger partial charge in [-0.2, -0.15) is 0 Å². The van der Waals surface area contributed by atoms with Gasteiger partial charge in [0.25, 0.3) is 0 Å². The van der Waals surface area contributed by atoms with Gasteiger partial charge >= 0.3 is 0 Å². The molecule has 0 unspecified atom stereocenters. The monoisotopic (exact) mass is 219 g/mol. The van der Waals surface area contributed by atoms with Crippen molar-refractivity contribution in [2.75, 3.05) is 5.88 Å². The van der Waals surface area contributed by atoms with Crippen molar-refractivity contribution >= 4 is 29.1 Å². The largest absolute Gasteiger partial charge is 0.349 e. The fraction of sp³-hybridized carbons (Fsp3) is 0.286. The molecule has 13 heavy (non-hydrogen) atoms. The van der Waals surface area contributed by atoms with Gasteiger partial charge in [0.15, 0.2) is 0 Å². The third kappa shape index (κ3) is 3.57. The van der Waals surface area contributed by atoms with Crippen molar-refractivity contribution in [3.8, 4) is 0 Å². The Bertz CT molecular complexity index is 288. The number of hydrogen-bond acceptors (Lipinski definition) is 3. The van der Waals surface area contributed by atoms with E-state index in [1.54, 1.807) is 0 Å². The first kappa shape index (κ1) is 10.2. The molecule has 0 fully saturated rings. The molecular weight excluding hydrogens is 213 g/mol. The minimum atomic E-state index is -0.238. The van der Waals surface area contributed by atoms with Gasteiger partial charge in [0.1, 0.15) is 11.0 Å². The van der Waals surface area contributed by atoms with Crippen LogP contribution in [0.25, 0.3) is 0 Å². The van der Waals surface area contributed by atoms with Crippen molar-refractivity contribution in [3.63, 3.8) is 0 Å². The topological polar surface area (TPSA) is 54.9 Å². The smallest absolute Gasteiger partial charge is 0.235 e. The summed E-state index contributed by atoms with van der Waals surface area (Å²) < 4.78 is 0. The molecule has 0 aliphatic carbocycles. The third-order valence-corrected chi connectivity index (χ3v) is 1.70. The molecule has 0 atom stereocenters.